The van der Waals surface area contributed by atoms with E-state index in [4.69, 9.17) is 5.26 Å². The molecule has 0 aliphatic carbocycles. The van der Waals surface area contributed by atoms with Gasteiger partial charge in [0.2, 0.25) is 0 Å². The van der Waals surface area contributed by atoms with E-state index in [1.807, 2.05) is 0 Å². The van der Waals surface area contributed by atoms with Gasteiger partial charge in [-0.15, -0.1) is 0 Å². The number of nitrogens with zero attached hydrogens (tertiary/aromatic N) is 1. The summed E-state index contributed by atoms with van der Waals surface area (Å²) in [5.41, 5.74) is -0.913. The van der Waals surface area contributed by atoms with Gasteiger partial charge in [-0.2, -0.15) is 5.26 Å². The predicted octanol–water partition coefficient (Wildman–Crippen LogP) is 2.89. The van der Waals surface area contributed by atoms with E-state index in [2.05, 4.69) is 4.74 Å². The Kier molecular flexibility index (Phi) is 4.18. The van der Waals surface area contributed by atoms with Crippen LogP contribution in [0, 0.1) is 14.9 Å². The SMILES string of the molecule is COC(=O)c1cc(I)cc(C(F)F)c1C#N. The summed E-state index contributed by atoms with van der Waals surface area (Å²) in [6, 6.07) is 4.12. The van der Waals surface area contributed by atoms with Crippen LogP contribution in [0.2, 0.25) is 0 Å². The molecule has 0 unspecified atom stereocenters. The summed E-state index contributed by atoms with van der Waals surface area (Å²) < 4.78 is 30.2. The van der Waals surface area contributed by atoms with Gasteiger partial charge in [-0.05, 0) is 34.7 Å². The molecule has 1 aromatic carbocycles. The first-order valence-electron chi connectivity index (χ1n) is 4.11. The zero-order valence-corrected chi connectivity index (χ0v) is 10.3. The number of carbonyl (C=O) groups excluding carboxylic acids is 1. The van der Waals surface area contributed by atoms with Crippen molar-refractivity contribution in [2.24, 2.45) is 0 Å². The maximum atomic E-state index is 12.6. The molecule has 0 heterocycles. The van der Waals surface area contributed by atoms with E-state index in [1.165, 1.54) is 12.1 Å². The lowest BCUT2D eigenvalue weighted by atomic mass is 10.0. The van der Waals surface area contributed by atoms with E-state index in [0.717, 1.165) is 7.11 Å². The third kappa shape index (κ3) is 2.47. The zero-order chi connectivity index (χ0) is 12.3. The van der Waals surface area contributed by atoms with Crippen LogP contribution in [0.5, 0.6) is 0 Å². The van der Waals surface area contributed by atoms with E-state index >= 15 is 0 Å². The second kappa shape index (κ2) is 5.21. The molecule has 0 aromatic heterocycles. The first kappa shape index (κ1) is 12.8. The molecule has 0 radical (unpaired) electrons. The largest absolute Gasteiger partial charge is 0.465 e. The van der Waals surface area contributed by atoms with Crippen LogP contribution in [-0.2, 0) is 4.74 Å². The Bertz CT molecular complexity index is 469. The van der Waals surface area contributed by atoms with E-state index in [0.29, 0.717) is 3.57 Å². The Hall–Kier alpha value is -1.23. The van der Waals surface area contributed by atoms with Crippen LogP contribution in [0.25, 0.3) is 0 Å². The molecule has 1 aromatic rings. The summed E-state index contributed by atoms with van der Waals surface area (Å²) in [5, 5.41) is 8.79. The number of ether oxygens (including phenoxy) is 1. The average molecular weight is 337 g/mol. The molecule has 0 aliphatic heterocycles. The van der Waals surface area contributed by atoms with Gasteiger partial charge in [0, 0.05) is 9.13 Å². The minimum atomic E-state index is -2.80. The van der Waals surface area contributed by atoms with Crippen LogP contribution in [-0.4, -0.2) is 13.1 Å². The van der Waals surface area contributed by atoms with Gasteiger partial charge >= 0.3 is 5.97 Å². The molecule has 0 amide bonds. The van der Waals surface area contributed by atoms with E-state index < -0.39 is 18.0 Å². The van der Waals surface area contributed by atoms with Gasteiger partial charge in [0.15, 0.2) is 0 Å². The highest BCUT2D eigenvalue weighted by Gasteiger charge is 2.21. The second-order valence-corrected chi connectivity index (χ2v) is 4.07. The fourth-order valence-electron chi connectivity index (χ4n) is 1.20. The number of rotatable bonds is 2. The highest BCUT2D eigenvalue weighted by atomic mass is 127. The third-order valence-corrected chi connectivity index (χ3v) is 2.51. The number of halogens is 3. The number of hydrogen-bond donors (Lipinski definition) is 0. The lowest BCUT2D eigenvalue weighted by molar-refractivity contribution is 0.0599. The van der Waals surface area contributed by atoms with Gasteiger partial charge in [-0.25, -0.2) is 13.6 Å². The molecular weight excluding hydrogens is 331 g/mol. The molecule has 6 heteroatoms. The van der Waals surface area contributed by atoms with Crippen LogP contribution < -0.4 is 0 Å². The van der Waals surface area contributed by atoms with E-state index in [-0.39, 0.29) is 11.1 Å². The Morgan fingerprint density at radius 3 is 2.62 bits per heavy atom. The topological polar surface area (TPSA) is 50.1 Å². The van der Waals surface area contributed by atoms with Crippen molar-refractivity contribution in [1.29, 1.82) is 5.26 Å². The molecule has 1 rings (SSSR count). The minimum absolute atomic E-state index is 0.132. The van der Waals surface area contributed by atoms with Crippen LogP contribution in [0.3, 0.4) is 0 Å². The highest BCUT2D eigenvalue weighted by molar-refractivity contribution is 14.1. The number of hydrogen-bond acceptors (Lipinski definition) is 3. The maximum Gasteiger partial charge on any atom is 0.339 e. The molecule has 0 bridgehead atoms. The summed E-state index contributed by atoms with van der Waals surface area (Å²) >= 11 is 1.80. The monoisotopic (exact) mass is 337 g/mol. The lowest BCUT2D eigenvalue weighted by Crippen LogP contribution is -2.07. The average Bonchev–Trinajstić information content (AvgIpc) is 2.26. The lowest BCUT2D eigenvalue weighted by Gasteiger charge is -2.08. The quantitative estimate of drug-likeness (QED) is 0.616. The molecule has 0 N–H and O–H groups in total. The van der Waals surface area contributed by atoms with Gasteiger partial charge in [0.1, 0.15) is 6.07 Å². The molecule has 0 saturated heterocycles. The van der Waals surface area contributed by atoms with Crippen LogP contribution in [0.15, 0.2) is 12.1 Å². The molecule has 84 valence electrons. The number of nitriles is 1. The Morgan fingerprint density at radius 2 is 2.19 bits per heavy atom. The smallest absolute Gasteiger partial charge is 0.339 e. The standard InChI is InChI=1S/C10H6F2INO2/c1-16-10(15)7-3-5(13)2-6(9(11)12)8(7)4-14/h2-3,9H,1H3. The predicted molar refractivity (Wildman–Crippen MR) is 60.2 cm³/mol. The molecule has 16 heavy (non-hydrogen) atoms. The molecule has 3 nitrogen and oxygen atoms in total. The van der Waals surface area contributed by atoms with Crippen molar-refractivity contribution in [3.8, 4) is 6.07 Å². The van der Waals surface area contributed by atoms with Gasteiger partial charge in [0.25, 0.3) is 6.43 Å². The Balaban J connectivity index is 3.50. The van der Waals surface area contributed by atoms with Crippen molar-refractivity contribution in [2.45, 2.75) is 6.43 Å². The molecular formula is C10H6F2INO2. The van der Waals surface area contributed by atoms with Gasteiger partial charge in [-0.1, -0.05) is 0 Å². The molecule has 0 spiro atoms. The number of carbonyl (C=O) groups is 1. The molecule has 0 saturated carbocycles. The summed E-state index contributed by atoms with van der Waals surface area (Å²) in [5.74, 6) is -0.794. The van der Waals surface area contributed by atoms with Crippen LogP contribution >= 0.6 is 22.6 Å². The number of methoxy groups -OCH3 is 1. The van der Waals surface area contributed by atoms with Crippen molar-refractivity contribution in [3.63, 3.8) is 0 Å². The van der Waals surface area contributed by atoms with Crippen LogP contribution in [0.1, 0.15) is 27.9 Å². The van der Waals surface area contributed by atoms with Crippen molar-refractivity contribution in [1.82, 2.24) is 0 Å². The van der Waals surface area contributed by atoms with Crippen molar-refractivity contribution in [3.05, 3.63) is 32.4 Å². The fourth-order valence-corrected chi connectivity index (χ4v) is 1.84. The maximum absolute atomic E-state index is 12.6. The van der Waals surface area contributed by atoms with Crippen molar-refractivity contribution >= 4 is 28.6 Å². The van der Waals surface area contributed by atoms with Gasteiger partial charge in [-0.3, -0.25) is 0 Å². The summed E-state index contributed by atoms with van der Waals surface area (Å²) in [7, 11) is 1.13. The first-order chi connectivity index (χ1) is 7.51. The minimum Gasteiger partial charge on any atom is -0.465 e. The third-order valence-electron chi connectivity index (χ3n) is 1.89. The highest BCUT2D eigenvalue weighted by Crippen LogP contribution is 2.27. The van der Waals surface area contributed by atoms with Gasteiger partial charge < -0.3 is 4.74 Å². The van der Waals surface area contributed by atoms with Crippen LogP contribution in [0.4, 0.5) is 8.78 Å². The van der Waals surface area contributed by atoms with Crippen molar-refractivity contribution in [2.75, 3.05) is 7.11 Å². The van der Waals surface area contributed by atoms with E-state index in [1.54, 1.807) is 28.7 Å². The Labute approximate surface area is 104 Å². The summed E-state index contributed by atoms with van der Waals surface area (Å²) in [6.07, 6.45) is -2.80. The number of benzene rings is 1. The second-order valence-electron chi connectivity index (χ2n) is 2.82. The van der Waals surface area contributed by atoms with E-state index in [9.17, 15) is 13.6 Å². The molecule has 0 atom stereocenters. The fraction of sp³-hybridized carbons (Fsp3) is 0.200. The van der Waals surface area contributed by atoms with Gasteiger partial charge in [0.05, 0.1) is 18.2 Å². The zero-order valence-electron chi connectivity index (χ0n) is 8.13. The summed E-state index contributed by atoms with van der Waals surface area (Å²) in [6.45, 7) is 0. The molecule has 0 fully saturated rings. The normalized spacial score (nSPS) is 10.0. The number of alkyl halides is 2. The molecule has 0 aliphatic rings. The summed E-state index contributed by atoms with van der Waals surface area (Å²) in [4.78, 5) is 11.3. The first-order valence-corrected chi connectivity index (χ1v) is 5.19. The Morgan fingerprint density at radius 1 is 1.56 bits per heavy atom. The van der Waals surface area contributed by atoms with Crippen molar-refractivity contribution < 1.29 is 18.3 Å². The number of esters is 1.